The molecule has 0 radical (unpaired) electrons. The zero-order chi connectivity index (χ0) is 12.8. The molecule has 0 aromatic rings. The molecule has 0 bridgehead atoms. The largest absolute Gasteiger partial charge is 0.490 e. The van der Waals surface area contributed by atoms with Crippen molar-refractivity contribution in [2.75, 3.05) is 24.7 Å². The Kier molecular flexibility index (Phi) is 6.53. The van der Waals surface area contributed by atoms with Crippen LogP contribution in [-0.4, -0.2) is 57.3 Å². The second kappa shape index (κ2) is 6.81. The Balaban J connectivity index is 0.000000293. The number of carbonyl (C=O) groups is 1. The van der Waals surface area contributed by atoms with Crippen LogP contribution in [0.1, 0.15) is 0 Å². The van der Waals surface area contributed by atoms with Gasteiger partial charge in [0.1, 0.15) is 0 Å². The number of alkyl halides is 3. The molecule has 0 saturated carbocycles. The fourth-order valence-corrected chi connectivity index (χ4v) is 2.05. The number of aliphatic carboxylic acids is 1. The van der Waals surface area contributed by atoms with E-state index in [0.29, 0.717) is 5.75 Å². The maximum atomic E-state index is 10.8. The van der Waals surface area contributed by atoms with Gasteiger partial charge in [-0.1, -0.05) is 0 Å². The first-order chi connectivity index (χ1) is 7.27. The molecule has 1 fully saturated rings. The fraction of sp³-hybridized carbons (Fsp3) is 0.857. The van der Waals surface area contributed by atoms with Crippen molar-refractivity contribution in [1.29, 1.82) is 0 Å². The highest BCUT2D eigenvalue weighted by Gasteiger charge is 2.38. The maximum absolute atomic E-state index is 10.8. The van der Waals surface area contributed by atoms with Crippen molar-refractivity contribution in [1.82, 2.24) is 5.32 Å². The molecule has 2 atom stereocenters. The first kappa shape index (κ1) is 15.3. The van der Waals surface area contributed by atoms with Crippen LogP contribution < -0.4 is 5.32 Å². The lowest BCUT2D eigenvalue weighted by Crippen LogP contribution is -2.44. The van der Waals surface area contributed by atoms with Crippen molar-refractivity contribution >= 4 is 16.8 Å². The van der Waals surface area contributed by atoms with E-state index in [0.717, 1.165) is 12.3 Å². The van der Waals surface area contributed by atoms with E-state index in [1.807, 2.05) is 0 Å². The Morgan fingerprint density at radius 1 is 1.50 bits per heavy atom. The molecule has 1 aliphatic heterocycles. The predicted molar refractivity (Wildman–Crippen MR) is 50.4 cm³/mol. The summed E-state index contributed by atoms with van der Waals surface area (Å²) in [5.41, 5.74) is 0. The number of hydrogen-bond donors (Lipinski definition) is 3. The Hall–Kier alpha value is -0.670. The monoisotopic (exact) mass is 263 g/mol. The van der Waals surface area contributed by atoms with Crippen LogP contribution in [0.15, 0.2) is 0 Å². The van der Waals surface area contributed by atoms with Gasteiger partial charge in [0.15, 0.2) is 0 Å². The van der Waals surface area contributed by atoms with Gasteiger partial charge in [0.2, 0.25) is 0 Å². The number of aliphatic hydroxyl groups is 1. The number of hydrogen-bond acceptors (Lipinski definition) is 4. The average molecular weight is 263 g/mol. The maximum Gasteiger partial charge on any atom is 0.490 e. The quantitative estimate of drug-likeness (QED) is 0.584. The molecule has 9 heteroatoms. The molecular weight excluding hydrogens is 251 g/mol. The number of nitrogens with one attached hydrogen (secondary N) is 1. The molecule has 1 rings (SSSR count). The van der Waals surface area contributed by atoms with E-state index in [1.54, 1.807) is 0 Å². The van der Waals surface area contributed by atoms with Crippen LogP contribution in [-0.2, 0) is 15.6 Å². The molecule has 0 aliphatic carbocycles. The molecule has 2 unspecified atom stereocenters. The Morgan fingerprint density at radius 2 is 2.00 bits per heavy atom. The summed E-state index contributed by atoms with van der Waals surface area (Å²) in [6, 6.07) is 0.0691. The third-order valence-electron chi connectivity index (χ3n) is 1.61. The minimum Gasteiger partial charge on any atom is -0.475 e. The van der Waals surface area contributed by atoms with Gasteiger partial charge in [0.25, 0.3) is 0 Å². The number of carboxylic acid groups (broad SMARTS) is 1. The Morgan fingerprint density at radius 3 is 2.25 bits per heavy atom. The van der Waals surface area contributed by atoms with E-state index in [2.05, 4.69) is 5.32 Å². The van der Waals surface area contributed by atoms with E-state index < -0.39 is 22.9 Å². The topological polar surface area (TPSA) is 86.6 Å². The summed E-state index contributed by atoms with van der Waals surface area (Å²) in [4.78, 5) is 8.90. The van der Waals surface area contributed by atoms with E-state index in [1.165, 1.54) is 0 Å². The lowest BCUT2D eigenvalue weighted by Gasteiger charge is -2.20. The molecule has 0 aromatic heterocycles. The van der Waals surface area contributed by atoms with Gasteiger partial charge in [0, 0.05) is 34.9 Å². The van der Waals surface area contributed by atoms with Crippen molar-refractivity contribution in [3.8, 4) is 0 Å². The molecule has 0 spiro atoms. The molecule has 0 aromatic carbocycles. The number of rotatable bonds is 1. The van der Waals surface area contributed by atoms with E-state index in [-0.39, 0.29) is 12.6 Å². The summed E-state index contributed by atoms with van der Waals surface area (Å²) in [6.45, 7) is 0.879. The Bertz CT molecular complexity index is 259. The van der Waals surface area contributed by atoms with Gasteiger partial charge in [-0.2, -0.15) is 13.2 Å². The lowest BCUT2D eigenvalue weighted by atomic mass is 10.3. The molecule has 16 heavy (non-hydrogen) atoms. The second-order valence-electron chi connectivity index (χ2n) is 2.95. The molecule has 1 saturated heterocycles. The van der Waals surface area contributed by atoms with Gasteiger partial charge in [0.05, 0.1) is 6.61 Å². The molecule has 1 heterocycles. The Labute approximate surface area is 92.1 Å². The third kappa shape index (κ3) is 6.75. The molecule has 5 nitrogen and oxygen atoms in total. The van der Waals surface area contributed by atoms with Crippen LogP contribution in [0.2, 0.25) is 0 Å². The summed E-state index contributed by atoms with van der Waals surface area (Å²) >= 11 is 0. The number of carboxylic acids is 1. The highest BCUT2D eigenvalue weighted by molar-refractivity contribution is 7.85. The molecule has 3 N–H and O–H groups in total. The first-order valence-electron chi connectivity index (χ1n) is 4.26. The third-order valence-corrected chi connectivity index (χ3v) is 3.05. The van der Waals surface area contributed by atoms with E-state index in [9.17, 15) is 17.4 Å². The van der Waals surface area contributed by atoms with Crippen LogP contribution in [0, 0.1) is 0 Å². The minimum absolute atomic E-state index is 0.0691. The smallest absolute Gasteiger partial charge is 0.475 e. The summed E-state index contributed by atoms with van der Waals surface area (Å²) in [7, 11) is -0.693. The molecule has 0 amide bonds. The van der Waals surface area contributed by atoms with Crippen LogP contribution in [0.5, 0.6) is 0 Å². The van der Waals surface area contributed by atoms with Gasteiger partial charge < -0.3 is 15.5 Å². The van der Waals surface area contributed by atoms with Crippen LogP contribution >= 0.6 is 0 Å². The molecular formula is C7H12F3NO4S. The highest BCUT2D eigenvalue weighted by atomic mass is 32.2. The van der Waals surface area contributed by atoms with Gasteiger partial charge >= 0.3 is 12.1 Å². The van der Waals surface area contributed by atoms with Crippen molar-refractivity contribution < 1.29 is 32.4 Å². The molecule has 1 aliphatic rings. The average Bonchev–Trinajstić information content (AvgIpc) is 2.17. The standard InChI is InChI=1S/C5H11NO2S.C2HF3O2/c7-3-5-4-9(8)2-1-6-5;3-2(4,5)1(6)7/h5-7H,1-4H2;(H,6,7). The fourth-order valence-electron chi connectivity index (χ4n) is 0.861. The second-order valence-corrected chi connectivity index (χ2v) is 4.57. The number of halogens is 3. The zero-order valence-corrected chi connectivity index (χ0v) is 8.98. The highest BCUT2D eigenvalue weighted by Crippen LogP contribution is 2.13. The van der Waals surface area contributed by atoms with Crippen LogP contribution in [0.3, 0.4) is 0 Å². The first-order valence-corrected chi connectivity index (χ1v) is 5.75. The SMILES string of the molecule is O=C(O)C(F)(F)F.O=S1CCNC(CO)C1. The number of aliphatic hydroxyl groups excluding tert-OH is 1. The minimum atomic E-state index is -5.08. The van der Waals surface area contributed by atoms with Gasteiger partial charge in [-0.15, -0.1) is 0 Å². The van der Waals surface area contributed by atoms with Crippen molar-refractivity contribution in [3.63, 3.8) is 0 Å². The summed E-state index contributed by atoms with van der Waals surface area (Å²) in [5, 5.41) is 18.8. The normalized spacial score (nSPS) is 25.5. The molecule has 96 valence electrons. The van der Waals surface area contributed by atoms with Crippen molar-refractivity contribution in [3.05, 3.63) is 0 Å². The zero-order valence-electron chi connectivity index (χ0n) is 8.16. The van der Waals surface area contributed by atoms with E-state index >= 15 is 0 Å². The summed E-state index contributed by atoms with van der Waals surface area (Å²) in [6.07, 6.45) is -5.08. The van der Waals surface area contributed by atoms with Gasteiger partial charge in [-0.05, 0) is 0 Å². The van der Waals surface area contributed by atoms with E-state index in [4.69, 9.17) is 15.0 Å². The van der Waals surface area contributed by atoms with Crippen LogP contribution in [0.4, 0.5) is 13.2 Å². The lowest BCUT2D eigenvalue weighted by molar-refractivity contribution is -0.192. The van der Waals surface area contributed by atoms with Crippen LogP contribution in [0.25, 0.3) is 0 Å². The van der Waals surface area contributed by atoms with Gasteiger partial charge in [-0.3, -0.25) is 4.21 Å². The van der Waals surface area contributed by atoms with Crippen molar-refractivity contribution in [2.24, 2.45) is 0 Å². The van der Waals surface area contributed by atoms with Crippen molar-refractivity contribution in [2.45, 2.75) is 12.2 Å². The summed E-state index contributed by atoms with van der Waals surface area (Å²) in [5.74, 6) is -1.42. The predicted octanol–water partition coefficient (Wildman–Crippen LogP) is -0.668. The summed E-state index contributed by atoms with van der Waals surface area (Å²) < 4.78 is 42.5. The van der Waals surface area contributed by atoms with Gasteiger partial charge in [-0.25, -0.2) is 4.79 Å².